The van der Waals surface area contributed by atoms with Crippen LogP contribution in [0.15, 0.2) is 24.3 Å². The Balaban J connectivity index is 1.98. The van der Waals surface area contributed by atoms with Crippen molar-refractivity contribution in [1.82, 2.24) is 15.1 Å². The van der Waals surface area contributed by atoms with E-state index in [1.807, 2.05) is 30.9 Å². The van der Waals surface area contributed by atoms with E-state index in [1.165, 1.54) is 4.90 Å². The number of nitrogens with one attached hydrogen (secondary N) is 1. The van der Waals surface area contributed by atoms with Gasteiger partial charge in [0.15, 0.2) is 0 Å². The summed E-state index contributed by atoms with van der Waals surface area (Å²) >= 11 is 0. The largest absolute Gasteiger partial charge is 0.355 e. The molecule has 0 spiro atoms. The first-order valence-electron chi connectivity index (χ1n) is 8.47. The third-order valence-electron chi connectivity index (χ3n) is 4.12. The average molecular weight is 331 g/mol. The Labute approximate surface area is 142 Å². The van der Waals surface area contributed by atoms with Crippen LogP contribution in [-0.4, -0.2) is 53.7 Å². The van der Waals surface area contributed by atoms with Gasteiger partial charge in [-0.3, -0.25) is 14.4 Å². The summed E-state index contributed by atoms with van der Waals surface area (Å²) in [6, 6.07) is 7.27. The molecule has 0 aliphatic carbocycles. The highest BCUT2D eigenvalue weighted by atomic mass is 16.2. The van der Waals surface area contributed by atoms with Gasteiger partial charge in [-0.2, -0.15) is 0 Å². The molecule has 24 heavy (non-hydrogen) atoms. The first-order chi connectivity index (χ1) is 11.5. The van der Waals surface area contributed by atoms with E-state index in [9.17, 15) is 14.4 Å². The molecule has 0 bridgehead atoms. The second-order valence-electron chi connectivity index (χ2n) is 5.89. The standard InChI is InChI=1S/C18H25N3O3/c1-3-19-16(22)13-20(4-2)18(24)15-9-7-14(8-10-15)12-21-11-5-6-17(21)23/h7-10H,3-6,11-13H2,1-2H3,(H,19,22). The molecule has 0 saturated carbocycles. The number of benzene rings is 1. The van der Waals surface area contributed by atoms with E-state index in [1.54, 1.807) is 12.1 Å². The van der Waals surface area contributed by atoms with Gasteiger partial charge in [0, 0.05) is 38.2 Å². The van der Waals surface area contributed by atoms with Crippen LogP contribution >= 0.6 is 0 Å². The third-order valence-corrected chi connectivity index (χ3v) is 4.12. The van der Waals surface area contributed by atoms with Gasteiger partial charge in [0.05, 0.1) is 6.54 Å². The Bertz CT molecular complexity index is 598. The van der Waals surface area contributed by atoms with Crippen molar-refractivity contribution < 1.29 is 14.4 Å². The Hall–Kier alpha value is -2.37. The van der Waals surface area contributed by atoms with Crippen molar-refractivity contribution in [3.05, 3.63) is 35.4 Å². The zero-order chi connectivity index (χ0) is 17.5. The summed E-state index contributed by atoms with van der Waals surface area (Å²) in [6.07, 6.45) is 1.54. The zero-order valence-electron chi connectivity index (χ0n) is 14.4. The smallest absolute Gasteiger partial charge is 0.254 e. The number of hydrogen-bond acceptors (Lipinski definition) is 3. The Morgan fingerprint density at radius 2 is 1.92 bits per heavy atom. The summed E-state index contributed by atoms with van der Waals surface area (Å²) < 4.78 is 0. The van der Waals surface area contributed by atoms with Crippen LogP contribution in [0, 0.1) is 0 Å². The van der Waals surface area contributed by atoms with E-state index < -0.39 is 0 Å². The Morgan fingerprint density at radius 1 is 1.21 bits per heavy atom. The predicted molar refractivity (Wildman–Crippen MR) is 91.4 cm³/mol. The van der Waals surface area contributed by atoms with E-state index in [4.69, 9.17) is 0 Å². The summed E-state index contributed by atoms with van der Waals surface area (Å²) in [7, 11) is 0. The van der Waals surface area contributed by atoms with Crippen molar-refractivity contribution in [3.63, 3.8) is 0 Å². The fraction of sp³-hybridized carbons (Fsp3) is 0.500. The molecule has 1 saturated heterocycles. The lowest BCUT2D eigenvalue weighted by Crippen LogP contribution is -2.40. The molecule has 0 radical (unpaired) electrons. The van der Waals surface area contributed by atoms with Crippen molar-refractivity contribution in [2.24, 2.45) is 0 Å². The number of amides is 3. The van der Waals surface area contributed by atoms with Crippen LogP contribution in [-0.2, 0) is 16.1 Å². The first kappa shape index (κ1) is 18.0. The Kier molecular flexibility index (Phi) is 6.35. The number of rotatable bonds is 7. The fourth-order valence-electron chi connectivity index (χ4n) is 2.78. The summed E-state index contributed by atoms with van der Waals surface area (Å²) in [4.78, 5) is 39.2. The maximum absolute atomic E-state index is 12.5. The number of carbonyl (C=O) groups excluding carboxylic acids is 3. The topological polar surface area (TPSA) is 69.7 Å². The third kappa shape index (κ3) is 4.57. The molecule has 2 rings (SSSR count). The van der Waals surface area contributed by atoms with E-state index in [2.05, 4.69) is 5.32 Å². The van der Waals surface area contributed by atoms with Crippen LogP contribution in [0.2, 0.25) is 0 Å². The van der Waals surface area contributed by atoms with Crippen molar-refractivity contribution in [3.8, 4) is 0 Å². The van der Waals surface area contributed by atoms with Gasteiger partial charge in [-0.1, -0.05) is 12.1 Å². The Morgan fingerprint density at radius 3 is 2.46 bits per heavy atom. The molecule has 0 unspecified atom stereocenters. The molecule has 6 heteroatoms. The molecule has 1 heterocycles. The molecule has 1 aliphatic heterocycles. The first-order valence-corrected chi connectivity index (χ1v) is 8.47. The normalized spacial score (nSPS) is 13.9. The van der Waals surface area contributed by atoms with Crippen molar-refractivity contribution >= 4 is 17.7 Å². The molecular weight excluding hydrogens is 306 g/mol. The maximum atomic E-state index is 12.5. The molecule has 1 fully saturated rings. The highest BCUT2D eigenvalue weighted by molar-refractivity contribution is 5.96. The van der Waals surface area contributed by atoms with E-state index >= 15 is 0 Å². The lowest BCUT2D eigenvalue weighted by molar-refractivity contribution is -0.128. The fourth-order valence-corrected chi connectivity index (χ4v) is 2.78. The minimum absolute atomic E-state index is 0.0627. The lowest BCUT2D eigenvalue weighted by Gasteiger charge is -2.20. The minimum atomic E-state index is -0.160. The number of likely N-dealkylation sites (tertiary alicyclic amines) is 1. The second-order valence-corrected chi connectivity index (χ2v) is 5.89. The van der Waals surface area contributed by atoms with Gasteiger partial charge >= 0.3 is 0 Å². The van der Waals surface area contributed by atoms with Gasteiger partial charge in [0.2, 0.25) is 11.8 Å². The van der Waals surface area contributed by atoms with Crippen molar-refractivity contribution in [2.45, 2.75) is 33.2 Å². The van der Waals surface area contributed by atoms with Crippen LogP contribution in [0.25, 0.3) is 0 Å². The number of likely N-dealkylation sites (N-methyl/N-ethyl adjacent to an activating group) is 2. The molecule has 0 atom stereocenters. The molecular formula is C18H25N3O3. The predicted octanol–water partition coefficient (Wildman–Crippen LogP) is 1.41. The molecule has 1 aromatic rings. The molecule has 1 aromatic carbocycles. The summed E-state index contributed by atoms with van der Waals surface area (Å²) in [5.74, 6) is -0.126. The van der Waals surface area contributed by atoms with E-state index in [-0.39, 0.29) is 24.3 Å². The van der Waals surface area contributed by atoms with Gasteiger partial charge in [-0.05, 0) is 38.0 Å². The molecule has 1 N–H and O–H groups in total. The lowest BCUT2D eigenvalue weighted by atomic mass is 10.1. The number of hydrogen-bond donors (Lipinski definition) is 1. The van der Waals surface area contributed by atoms with Gasteiger partial charge < -0.3 is 15.1 Å². The summed E-state index contributed by atoms with van der Waals surface area (Å²) in [5.41, 5.74) is 1.56. The molecule has 0 aromatic heterocycles. The SMILES string of the molecule is CCNC(=O)CN(CC)C(=O)c1ccc(CN2CCCC2=O)cc1. The van der Waals surface area contributed by atoms with E-state index in [0.717, 1.165) is 18.5 Å². The summed E-state index contributed by atoms with van der Waals surface area (Å²) in [6.45, 7) is 6.17. The maximum Gasteiger partial charge on any atom is 0.254 e. The van der Waals surface area contributed by atoms with Gasteiger partial charge in [0.25, 0.3) is 5.91 Å². The second kappa shape index (κ2) is 8.47. The van der Waals surface area contributed by atoms with E-state index in [0.29, 0.717) is 31.6 Å². The quantitative estimate of drug-likeness (QED) is 0.821. The van der Waals surface area contributed by atoms with Crippen LogP contribution in [0.5, 0.6) is 0 Å². The number of carbonyl (C=O) groups is 3. The van der Waals surface area contributed by atoms with Crippen LogP contribution in [0.1, 0.15) is 42.6 Å². The number of nitrogens with zero attached hydrogens (tertiary/aromatic N) is 2. The molecule has 130 valence electrons. The van der Waals surface area contributed by atoms with Crippen molar-refractivity contribution in [2.75, 3.05) is 26.2 Å². The highest BCUT2D eigenvalue weighted by Gasteiger charge is 2.20. The monoisotopic (exact) mass is 331 g/mol. The van der Waals surface area contributed by atoms with Crippen molar-refractivity contribution in [1.29, 1.82) is 0 Å². The molecule has 3 amide bonds. The minimum Gasteiger partial charge on any atom is -0.355 e. The van der Waals surface area contributed by atoms with Crippen LogP contribution in [0.4, 0.5) is 0 Å². The van der Waals surface area contributed by atoms with Gasteiger partial charge in [-0.25, -0.2) is 0 Å². The zero-order valence-corrected chi connectivity index (χ0v) is 14.4. The molecule has 1 aliphatic rings. The molecule has 6 nitrogen and oxygen atoms in total. The van der Waals surface area contributed by atoms with Gasteiger partial charge in [0.1, 0.15) is 0 Å². The van der Waals surface area contributed by atoms with Gasteiger partial charge in [-0.15, -0.1) is 0 Å². The summed E-state index contributed by atoms with van der Waals surface area (Å²) in [5, 5.41) is 2.70. The van der Waals surface area contributed by atoms with Crippen LogP contribution < -0.4 is 5.32 Å². The van der Waals surface area contributed by atoms with Crippen LogP contribution in [0.3, 0.4) is 0 Å². The average Bonchev–Trinajstić information content (AvgIpc) is 2.98. The highest BCUT2D eigenvalue weighted by Crippen LogP contribution is 2.15.